The first kappa shape index (κ1) is 21.1. The fraction of sp³-hybridized carbons (Fsp3) is 0.565. The summed E-state index contributed by atoms with van der Waals surface area (Å²) in [5.74, 6) is 3.43. The molecule has 0 spiro atoms. The molecule has 3 aromatic heterocycles. The first-order valence-electron chi connectivity index (χ1n) is 11.4. The number of ether oxygens (including phenoxy) is 1. The summed E-state index contributed by atoms with van der Waals surface area (Å²) in [6, 6.07) is 4.19. The van der Waals surface area contributed by atoms with Crippen molar-refractivity contribution in [3.8, 4) is 0 Å². The normalized spacial score (nSPS) is 22.6. The van der Waals surface area contributed by atoms with Gasteiger partial charge < -0.3 is 14.6 Å². The SMILES string of the molecule is CC1CN(Cc2ccc(N(C)C)nc2)CC1c1nn2c(C3CCOCC3)ncc2c(=O)[nH]1. The van der Waals surface area contributed by atoms with E-state index in [-0.39, 0.29) is 17.4 Å². The molecule has 32 heavy (non-hydrogen) atoms. The molecule has 0 aliphatic carbocycles. The Labute approximate surface area is 187 Å². The van der Waals surface area contributed by atoms with Crippen LogP contribution in [0.3, 0.4) is 0 Å². The van der Waals surface area contributed by atoms with Gasteiger partial charge in [0.2, 0.25) is 0 Å². The van der Waals surface area contributed by atoms with Crippen molar-refractivity contribution in [1.82, 2.24) is 29.5 Å². The zero-order valence-corrected chi connectivity index (χ0v) is 19.0. The van der Waals surface area contributed by atoms with Crippen molar-refractivity contribution in [3.05, 3.63) is 52.1 Å². The average molecular weight is 438 g/mol. The zero-order valence-electron chi connectivity index (χ0n) is 19.0. The molecule has 9 heteroatoms. The highest BCUT2D eigenvalue weighted by molar-refractivity contribution is 5.42. The van der Waals surface area contributed by atoms with Gasteiger partial charge in [-0.15, -0.1) is 0 Å². The van der Waals surface area contributed by atoms with Gasteiger partial charge >= 0.3 is 0 Å². The third kappa shape index (κ3) is 4.02. The quantitative estimate of drug-likeness (QED) is 0.653. The second-order valence-electron chi connectivity index (χ2n) is 9.34. The Bertz CT molecular complexity index is 1130. The second-order valence-corrected chi connectivity index (χ2v) is 9.34. The minimum absolute atomic E-state index is 0.116. The third-order valence-electron chi connectivity index (χ3n) is 6.75. The zero-order chi connectivity index (χ0) is 22.2. The number of fused-ring (bicyclic) bond motifs is 1. The fourth-order valence-electron chi connectivity index (χ4n) is 4.92. The predicted octanol–water partition coefficient (Wildman–Crippen LogP) is 2.01. The highest BCUT2D eigenvalue weighted by Gasteiger charge is 2.33. The number of aromatic nitrogens is 5. The topological polar surface area (TPSA) is 91.7 Å². The van der Waals surface area contributed by atoms with E-state index in [4.69, 9.17) is 9.84 Å². The summed E-state index contributed by atoms with van der Waals surface area (Å²) in [7, 11) is 3.99. The summed E-state index contributed by atoms with van der Waals surface area (Å²) in [6.07, 6.45) is 5.43. The van der Waals surface area contributed by atoms with Crippen molar-refractivity contribution in [2.75, 3.05) is 45.3 Å². The van der Waals surface area contributed by atoms with Crippen molar-refractivity contribution in [1.29, 1.82) is 0 Å². The van der Waals surface area contributed by atoms with Gasteiger partial charge in [-0.25, -0.2) is 14.5 Å². The summed E-state index contributed by atoms with van der Waals surface area (Å²) in [5.41, 5.74) is 1.59. The minimum atomic E-state index is -0.116. The summed E-state index contributed by atoms with van der Waals surface area (Å²) < 4.78 is 7.27. The van der Waals surface area contributed by atoms with Gasteiger partial charge in [-0.1, -0.05) is 13.0 Å². The molecule has 0 bridgehead atoms. The summed E-state index contributed by atoms with van der Waals surface area (Å²) in [4.78, 5) is 29.4. The number of H-pyrrole nitrogens is 1. The molecule has 0 saturated carbocycles. The maximum atomic E-state index is 12.8. The number of nitrogens with one attached hydrogen (secondary N) is 1. The number of hydrogen-bond donors (Lipinski definition) is 1. The standard InChI is InChI=1S/C23H31N7O2/c1-15-12-29(13-16-4-5-20(24-10-16)28(2)3)14-18(15)21-26-23(31)19-11-25-22(30(19)27-21)17-6-8-32-9-7-17/h4-5,10-11,15,17-18H,6-9,12-14H2,1-3H3,(H,26,27,31). The van der Waals surface area contributed by atoms with Gasteiger partial charge in [-0.3, -0.25) is 9.69 Å². The van der Waals surface area contributed by atoms with Gasteiger partial charge in [0.25, 0.3) is 5.56 Å². The number of rotatable bonds is 5. The van der Waals surface area contributed by atoms with E-state index in [2.05, 4.69) is 38.9 Å². The lowest BCUT2D eigenvalue weighted by Gasteiger charge is -2.21. The Balaban J connectivity index is 1.37. The van der Waals surface area contributed by atoms with E-state index < -0.39 is 0 Å². The molecule has 9 nitrogen and oxygen atoms in total. The van der Waals surface area contributed by atoms with E-state index in [1.165, 1.54) is 5.56 Å². The Morgan fingerprint density at radius 3 is 2.69 bits per heavy atom. The lowest BCUT2D eigenvalue weighted by atomic mass is 9.97. The molecule has 0 aromatic carbocycles. The van der Waals surface area contributed by atoms with Crippen LogP contribution in [0.2, 0.25) is 0 Å². The van der Waals surface area contributed by atoms with Crippen LogP contribution in [-0.2, 0) is 11.3 Å². The van der Waals surface area contributed by atoms with Crippen molar-refractivity contribution in [2.45, 2.75) is 38.1 Å². The number of nitrogens with zero attached hydrogens (tertiary/aromatic N) is 6. The molecule has 3 aromatic rings. The van der Waals surface area contributed by atoms with Crippen LogP contribution in [0.15, 0.2) is 29.3 Å². The molecule has 5 rings (SSSR count). The maximum Gasteiger partial charge on any atom is 0.276 e. The van der Waals surface area contributed by atoms with Gasteiger partial charge in [0, 0.05) is 65.0 Å². The number of hydrogen-bond acceptors (Lipinski definition) is 7. The van der Waals surface area contributed by atoms with Crippen LogP contribution in [0, 0.1) is 5.92 Å². The Hall–Kier alpha value is -2.78. The summed E-state index contributed by atoms with van der Waals surface area (Å²) in [5, 5.41) is 4.89. The smallest absolute Gasteiger partial charge is 0.276 e. The molecule has 2 atom stereocenters. The van der Waals surface area contributed by atoms with Crippen LogP contribution in [0.5, 0.6) is 0 Å². The van der Waals surface area contributed by atoms with Gasteiger partial charge in [0.1, 0.15) is 17.5 Å². The number of aromatic amines is 1. The number of anilines is 1. The first-order valence-corrected chi connectivity index (χ1v) is 11.4. The molecule has 1 N–H and O–H groups in total. The van der Waals surface area contributed by atoms with E-state index in [0.29, 0.717) is 11.4 Å². The van der Waals surface area contributed by atoms with Crippen molar-refractivity contribution < 1.29 is 4.74 Å². The van der Waals surface area contributed by atoms with E-state index in [9.17, 15) is 4.79 Å². The van der Waals surface area contributed by atoms with Crippen LogP contribution in [0.1, 0.15) is 48.8 Å². The monoisotopic (exact) mass is 437 g/mol. The van der Waals surface area contributed by atoms with Crippen molar-refractivity contribution >= 4 is 11.3 Å². The Morgan fingerprint density at radius 1 is 1.16 bits per heavy atom. The van der Waals surface area contributed by atoms with E-state index in [1.54, 1.807) is 10.7 Å². The van der Waals surface area contributed by atoms with Gasteiger partial charge in [-0.2, -0.15) is 5.10 Å². The van der Waals surface area contributed by atoms with Crippen LogP contribution in [0.25, 0.3) is 5.52 Å². The molecule has 2 aliphatic heterocycles. The van der Waals surface area contributed by atoms with E-state index in [0.717, 1.165) is 63.2 Å². The largest absolute Gasteiger partial charge is 0.381 e. The van der Waals surface area contributed by atoms with Gasteiger partial charge in [0.15, 0.2) is 5.52 Å². The van der Waals surface area contributed by atoms with Crippen LogP contribution >= 0.6 is 0 Å². The minimum Gasteiger partial charge on any atom is -0.381 e. The van der Waals surface area contributed by atoms with Crippen molar-refractivity contribution in [2.24, 2.45) is 5.92 Å². The third-order valence-corrected chi connectivity index (χ3v) is 6.75. The number of pyridine rings is 1. The fourth-order valence-corrected chi connectivity index (χ4v) is 4.92. The Kier molecular flexibility index (Phi) is 5.69. The second kappa shape index (κ2) is 8.63. The molecular formula is C23H31N7O2. The summed E-state index contributed by atoms with van der Waals surface area (Å²) >= 11 is 0. The molecule has 2 saturated heterocycles. The maximum absolute atomic E-state index is 12.8. The number of imidazole rings is 1. The molecule has 2 fully saturated rings. The molecular weight excluding hydrogens is 406 g/mol. The van der Waals surface area contributed by atoms with Crippen molar-refractivity contribution in [3.63, 3.8) is 0 Å². The highest BCUT2D eigenvalue weighted by atomic mass is 16.5. The van der Waals surface area contributed by atoms with Crippen LogP contribution in [0.4, 0.5) is 5.82 Å². The average Bonchev–Trinajstić information content (AvgIpc) is 3.38. The Morgan fingerprint density at radius 2 is 1.97 bits per heavy atom. The molecule has 0 amide bonds. The van der Waals surface area contributed by atoms with E-state index in [1.807, 2.05) is 25.2 Å². The first-order chi connectivity index (χ1) is 15.5. The summed E-state index contributed by atoms with van der Waals surface area (Å²) in [6.45, 7) is 6.34. The molecule has 170 valence electrons. The lowest BCUT2D eigenvalue weighted by molar-refractivity contribution is 0.0832. The molecule has 2 unspecified atom stereocenters. The van der Waals surface area contributed by atoms with Crippen LogP contribution in [-0.4, -0.2) is 69.9 Å². The molecule has 2 aliphatic rings. The molecule has 5 heterocycles. The van der Waals surface area contributed by atoms with Gasteiger partial charge in [-0.05, 0) is 30.4 Å². The highest BCUT2D eigenvalue weighted by Crippen LogP contribution is 2.31. The lowest BCUT2D eigenvalue weighted by Crippen LogP contribution is -2.24. The number of likely N-dealkylation sites (tertiary alicyclic amines) is 1. The van der Waals surface area contributed by atoms with Crippen LogP contribution < -0.4 is 10.5 Å². The molecule has 0 radical (unpaired) electrons. The van der Waals surface area contributed by atoms with E-state index >= 15 is 0 Å². The van der Waals surface area contributed by atoms with Gasteiger partial charge in [0.05, 0.1) is 6.20 Å². The predicted molar refractivity (Wildman–Crippen MR) is 122 cm³/mol.